The molecule has 0 amide bonds. The lowest BCUT2D eigenvalue weighted by molar-refractivity contribution is 0.171. The molecule has 2 N–H and O–H groups in total. The maximum atomic E-state index is 13.4. The SMILES string of the molecule is CCCNC(C)(CO)CCSc1cc(F)ccc1F. The third kappa shape index (κ3) is 5.47. The molecule has 0 aliphatic rings. The van der Waals surface area contributed by atoms with Crippen molar-refractivity contribution in [1.82, 2.24) is 5.32 Å². The monoisotopic (exact) mass is 289 g/mol. The van der Waals surface area contributed by atoms with Crippen LogP contribution in [0.4, 0.5) is 8.78 Å². The zero-order valence-electron chi connectivity index (χ0n) is 11.4. The Bertz CT molecular complexity index is 403. The van der Waals surface area contributed by atoms with Crippen molar-refractivity contribution in [3.63, 3.8) is 0 Å². The first kappa shape index (κ1) is 16.4. The molecule has 1 atom stereocenters. The third-order valence-electron chi connectivity index (χ3n) is 2.96. The summed E-state index contributed by atoms with van der Waals surface area (Å²) in [7, 11) is 0. The standard InChI is InChI=1S/C14H21F2NOS/c1-3-7-17-14(2,10-18)6-8-19-13-9-11(15)4-5-12(13)16/h4-5,9,17-18H,3,6-8,10H2,1-2H3. The summed E-state index contributed by atoms with van der Waals surface area (Å²) in [5.41, 5.74) is -0.368. The van der Waals surface area contributed by atoms with Crippen molar-refractivity contribution in [1.29, 1.82) is 0 Å². The number of benzene rings is 1. The van der Waals surface area contributed by atoms with E-state index in [1.54, 1.807) is 0 Å². The van der Waals surface area contributed by atoms with Crippen LogP contribution >= 0.6 is 11.8 Å². The molecule has 1 aromatic rings. The molecule has 108 valence electrons. The zero-order valence-corrected chi connectivity index (χ0v) is 12.2. The second-order valence-electron chi connectivity index (χ2n) is 4.82. The molecule has 0 radical (unpaired) electrons. The van der Waals surface area contributed by atoms with Gasteiger partial charge in [-0.15, -0.1) is 11.8 Å². The van der Waals surface area contributed by atoms with Crippen molar-refractivity contribution in [2.24, 2.45) is 0 Å². The maximum Gasteiger partial charge on any atom is 0.136 e. The van der Waals surface area contributed by atoms with E-state index in [0.717, 1.165) is 25.1 Å². The lowest BCUT2D eigenvalue weighted by Crippen LogP contribution is -2.46. The van der Waals surface area contributed by atoms with Crippen LogP contribution < -0.4 is 5.32 Å². The molecule has 19 heavy (non-hydrogen) atoms. The minimum atomic E-state index is -0.432. The molecule has 1 aromatic carbocycles. The average Bonchev–Trinajstić information content (AvgIpc) is 2.40. The first-order chi connectivity index (χ1) is 9.00. The molecule has 0 spiro atoms. The Morgan fingerprint density at radius 1 is 1.37 bits per heavy atom. The van der Waals surface area contributed by atoms with E-state index in [9.17, 15) is 13.9 Å². The van der Waals surface area contributed by atoms with Crippen LogP contribution in [0.2, 0.25) is 0 Å². The third-order valence-corrected chi connectivity index (χ3v) is 3.99. The Kier molecular flexibility index (Phi) is 6.75. The van der Waals surface area contributed by atoms with E-state index >= 15 is 0 Å². The lowest BCUT2D eigenvalue weighted by atomic mass is 10.0. The van der Waals surface area contributed by atoms with Gasteiger partial charge in [0.1, 0.15) is 11.6 Å². The number of aliphatic hydroxyl groups excluding tert-OH is 1. The predicted molar refractivity (Wildman–Crippen MR) is 75.5 cm³/mol. The molecular formula is C14H21F2NOS. The number of thioether (sulfide) groups is 1. The van der Waals surface area contributed by atoms with Crippen molar-refractivity contribution in [3.8, 4) is 0 Å². The molecule has 0 fully saturated rings. The Morgan fingerprint density at radius 2 is 2.11 bits per heavy atom. The van der Waals surface area contributed by atoms with Crippen molar-refractivity contribution < 1.29 is 13.9 Å². The van der Waals surface area contributed by atoms with Crippen LogP contribution in [-0.2, 0) is 0 Å². The van der Waals surface area contributed by atoms with E-state index in [1.807, 2.05) is 6.92 Å². The van der Waals surface area contributed by atoms with Crippen molar-refractivity contribution in [2.45, 2.75) is 37.1 Å². The fourth-order valence-corrected chi connectivity index (χ4v) is 2.80. The van der Waals surface area contributed by atoms with Gasteiger partial charge in [-0.2, -0.15) is 0 Å². The van der Waals surface area contributed by atoms with Crippen molar-refractivity contribution in [2.75, 3.05) is 18.9 Å². The van der Waals surface area contributed by atoms with Crippen LogP contribution in [0, 0.1) is 11.6 Å². The summed E-state index contributed by atoms with van der Waals surface area (Å²) in [5.74, 6) is -0.217. The van der Waals surface area contributed by atoms with E-state index < -0.39 is 11.6 Å². The molecule has 1 rings (SSSR count). The number of rotatable bonds is 8. The summed E-state index contributed by atoms with van der Waals surface area (Å²) < 4.78 is 26.4. The highest BCUT2D eigenvalue weighted by Crippen LogP contribution is 2.25. The van der Waals surface area contributed by atoms with E-state index in [-0.39, 0.29) is 12.1 Å². The summed E-state index contributed by atoms with van der Waals surface area (Å²) in [5, 5.41) is 12.7. The Labute approximate surface area is 117 Å². The number of hydrogen-bond acceptors (Lipinski definition) is 3. The van der Waals surface area contributed by atoms with Gasteiger partial charge in [0, 0.05) is 10.4 Å². The van der Waals surface area contributed by atoms with Crippen LogP contribution in [0.25, 0.3) is 0 Å². The van der Waals surface area contributed by atoms with Gasteiger partial charge in [-0.3, -0.25) is 0 Å². The lowest BCUT2D eigenvalue weighted by Gasteiger charge is -2.28. The van der Waals surface area contributed by atoms with Gasteiger partial charge in [0.15, 0.2) is 0 Å². The quantitative estimate of drug-likeness (QED) is 0.721. The van der Waals surface area contributed by atoms with Crippen molar-refractivity contribution in [3.05, 3.63) is 29.8 Å². The van der Waals surface area contributed by atoms with E-state index in [4.69, 9.17) is 0 Å². The fraction of sp³-hybridized carbons (Fsp3) is 0.571. The molecule has 1 unspecified atom stereocenters. The molecule has 0 aliphatic carbocycles. The minimum Gasteiger partial charge on any atom is -0.394 e. The normalized spacial score (nSPS) is 14.4. The summed E-state index contributed by atoms with van der Waals surface area (Å²) in [6.45, 7) is 4.85. The molecule has 2 nitrogen and oxygen atoms in total. The van der Waals surface area contributed by atoms with Gasteiger partial charge in [0.25, 0.3) is 0 Å². The highest BCUT2D eigenvalue weighted by Gasteiger charge is 2.21. The Balaban J connectivity index is 2.50. The first-order valence-corrected chi connectivity index (χ1v) is 7.43. The maximum absolute atomic E-state index is 13.4. The topological polar surface area (TPSA) is 32.3 Å². The molecule has 0 saturated heterocycles. The van der Waals surface area contributed by atoms with Gasteiger partial charge in [-0.25, -0.2) is 8.78 Å². The van der Waals surface area contributed by atoms with Gasteiger partial charge < -0.3 is 10.4 Å². The average molecular weight is 289 g/mol. The molecule has 0 heterocycles. The molecule has 0 saturated carbocycles. The minimum absolute atomic E-state index is 0.0270. The van der Waals surface area contributed by atoms with Gasteiger partial charge >= 0.3 is 0 Å². The largest absolute Gasteiger partial charge is 0.394 e. The van der Waals surface area contributed by atoms with E-state index in [1.165, 1.54) is 17.8 Å². The van der Waals surface area contributed by atoms with Gasteiger partial charge in [0.05, 0.1) is 6.61 Å². The van der Waals surface area contributed by atoms with Gasteiger partial charge in [-0.05, 0) is 50.3 Å². The molecule has 5 heteroatoms. The Morgan fingerprint density at radius 3 is 2.74 bits per heavy atom. The fourth-order valence-electron chi connectivity index (χ4n) is 1.62. The summed E-state index contributed by atoms with van der Waals surface area (Å²) in [6.07, 6.45) is 1.67. The molecule has 0 aliphatic heterocycles. The highest BCUT2D eigenvalue weighted by atomic mass is 32.2. The van der Waals surface area contributed by atoms with Gasteiger partial charge in [0.2, 0.25) is 0 Å². The van der Waals surface area contributed by atoms with Gasteiger partial charge in [-0.1, -0.05) is 6.92 Å². The summed E-state index contributed by atoms with van der Waals surface area (Å²) in [4.78, 5) is 0.316. The van der Waals surface area contributed by atoms with Crippen LogP contribution in [0.1, 0.15) is 26.7 Å². The molecule has 0 bridgehead atoms. The van der Waals surface area contributed by atoms with Crippen LogP contribution in [0.15, 0.2) is 23.1 Å². The molecular weight excluding hydrogens is 268 g/mol. The second kappa shape index (κ2) is 7.82. The number of nitrogens with one attached hydrogen (secondary N) is 1. The zero-order chi connectivity index (χ0) is 14.3. The Hall–Kier alpha value is -0.650. The van der Waals surface area contributed by atoms with E-state index in [0.29, 0.717) is 17.1 Å². The van der Waals surface area contributed by atoms with Crippen LogP contribution in [0.5, 0.6) is 0 Å². The summed E-state index contributed by atoms with van der Waals surface area (Å²) in [6, 6.07) is 3.45. The van der Waals surface area contributed by atoms with Crippen LogP contribution in [0.3, 0.4) is 0 Å². The summed E-state index contributed by atoms with van der Waals surface area (Å²) >= 11 is 1.27. The second-order valence-corrected chi connectivity index (χ2v) is 5.96. The number of hydrogen-bond donors (Lipinski definition) is 2. The van der Waals surface area contributed by atoms with E-state index in [2.05, 4.69) is 12.2 Å². The number of halogens is 2. The first-order valence-electron chi connectivity index (χ1n) is 6.44. The predicted octanol–water partition coefficient (Wildman–Crippen LogP) is 3.20. The smallest absolute Gasteiger partial charge is 0.136 e. The molecule has 0 aromatic heterocycles. The highest BCUT2D eigenvalue weighted by molar-refractivity contribution is 7.99. The number of aliphatic hydroxyl groups is 1. The van der Waals surface area contributed by atoms with Crippen LogP contribution in [-0.4, -0.2) is 29.5 Å². The van der Waals surface area contributed by atoms with Crippen molar-refractivity contribution >= 4 is 11.8 Å².